The molecule has 0 saturated carbocycles. The van der Waals surface area contributed by atoms with Crippen LogP contribution in [0.15, 0.2) is 47.4 Å². The zero-order valence-electron chi connectivity index (χ0n) is 14.5. The van der Waals surface area contributed by atoms with Crippen LogP contribution in [0.2, 0.25) is 0 Å². The number of halogens is 1. The van der Waals surface area contributed by atoms with Gasteiger partial charge in [0.2, 0.25) is 10.0 Å². The number of carbonyl (C=O) groups is 2. The van der Waals surface area contributed by atoms with Crippen LogP contribution in [-0.4, -0.2) is 46.5 Å². The van der Waals surface area contributed by atoms with Crippen LogP contribution in [0.1, 0.15) is 10.4 Å². The molecule has 0 bridgehead atoms. The molecule has 0 unspecified atom stereocenters. The number of rotatable bonds is 7. The van der Waals surface area contributed by atoms with Gasteiger partial charge in [-0.05, 0) is 36.4 Å². The van der Waals surface area contributed by atoms with E-state index >= 15 is 0 Å². The predicted molar refractivity (Wildman–Crippen MR) is 94.3 cm³/mol. The molecule has 0 radical (unpaired) electrons. The van der Waals surface area contributed by atoms with Gasteiger partial charge in [-0.25, -0.2) is 12.8 Å². The van der Waals surface area contributed by atoms with Gasteiger partial charge in [0, 0.05) is 5.56 Å². The molecule has 0 fully saturated rings. The highest BCUT2D eigenvalue weighted by atomic mass is 32.2. The Bertz CT molecular complexity index is 1010. The molecule has 28 heavy (non-hydrogen) atoms. The zero-order chi connectivity index (χ0) is 20.1. The van der Waals surface area contributed by atoms with Crippen LogP contribution in [0.5, 0.6) is 11.5 Å². The molecule has 3 rings (SSSR count). The molecule has 1 N–H and O–H groups in total. The second-order valence-corrected chi connectivity index (χ2v) is 7.49. The molecule has 10 heteroatoms. The van der Waals surface area contributed by atoms with Crippen LogP contribution in [-0.2, 0) is 19.6 Å². The van der Waals surface area contributed by atoms with Crippen molar-refractivity contribution in [3.8, 4) is 11.5 Å². The molecule has 0 atom stereocenters. The van der Waals surface area contributed by atoms with Crippen molar-refractivity contribution in [2.75, 3.05) is 26.4 Å². The smallest absolute Gasteiger partial charge is 0.321 e. The lowest BCUT2D eigenvalue weighted by Gasteiger charge is -2.18. The number of fused-ring (bicyclic) bond motifs is 1. The first-order valence-electron chi connectivity index (χ1n) is 8.19. The van der Waals surface area contributed by atoms with Gasteiger partial charge in [0.15, 0.2) is 23.9 Å². The lowest BCUT2D eigenvalue weighted by molar-refractivity contribution is -0.141. The normalized spacial score (nSPS) is 13.0. The van der Waals surface area contributed by atoms with Crippen molar-refractivity contribution in [3.63, 3.8) is 0 Å². The average molecular weight is 409 g/mol. The summed E-state index contributed by atoms with van der Waals surface area (Å²) in [5, 5.41) is 0. The molecule has 2 aromatic carbocycles. The quantitative estimate of drug-likeness (QED) is 0.542. The Labute approximate surface area is 160 Å². The summed E-state index contributed by atoms with van der Waals surface area (Å²) in [4.78, 5) is 23.6. The maximum absolute atomic E-state index is 13.1. The summed E-state index contributed by atoms with van der Waals surface area (Å²) in [7, 11) is -4.09. The van der Waals surface area contributed by atoms with Gasteiger partial charge in [-0.15, -0.1) is 0 Å². The number of nitrogens with one attached hydrogen (secondary N) is 1. The number of carbonyl (C=O) groups excluding carboxylic acids is 2. The molecule has 0 amide bonds. The SMILES string of the molecule is O=C(CNS(=O)(=O)c1cccc(F)c1)OCC(=O)c1ccc2c(c1)OCCO2. The van der Waals surface area contributed by atoms with Crippen molar-refractivity contribution >= 4 is 21.8 Å². The second kappa shape index (κ2) is 8.36. The van der Waals surface area contributed by atoms with Gasteiger partial charge < -0.3 is 14.2 Å². The topological polar surface area (TPSA) is 108 Å². The van der Waals surface area contributed by atoms with E-state index < -0.39 is 40.7 Å². The van der Waals surface area contributed by atoms with Gasteiger partial charge in [0.25, 0.3) is 0 Å². The van der Waals surface area contributed by atoms with Gasteiger partial charge in [0.05, 0.1) is 4.90 Å². The summed E-state index contributed by atoms with van der Waals surface area (Å²) in [5.74, 6) is -1.22. The third-order valence-electron chi connectivity index (χ3n) is 3.74. The molecule has 1 heterocycles. The van der Waals surface area contributed by atoms with E-state index in [2.05, 4.69) is 0 Å². The van der Waals surface area contributed by atoms with Crippen molar-refractivity contribution in [1.29, 1.82) is 0 Å². The number of sulfonamides is 1. The third kappa shape index (κ3) is 4.84. The molecule has 0 saturated heterocycles. The van der Waals surface area contributed by atoms with Gasteiger partial charge in [0.1, 0.15) is 25.6 Å². The van der Waals surface area contributed by atoms with Crippen molar-refractivity contribution < 1.29 is 36.6 Å². The fraction of sp³-hybridized carbons (Fsp3) is 0.222. The Morgan fingerprint density at radius 3 is 2.57 bits per heavy atom. The third-order valence-corrected chi connectivity index (χ3v) is 5.14. The number of ketones is 1. The zero-order valence-corrected chi connectivity index (χ0v) is 15.3. The van der Waals surface area contributed by atoms with Crippen LogP contribution in [0, 0.1) is 5.82 Å². The standard InChI is InChI=1S/C18H16FNO7S/c19-13-2-1-3-14(9-13)28(23,24)20-10-18(22)27-11-15(21)12-4-5-16-17(8-12)26-7-6-25-16/h1-5,8-9,20H,6-7,10-11H2. The maximum Gasteiger partial charge on any atom is 0.321 e. The van der Waals surface area contributed by atoms with E-state index in [1.165, 1.54) is 24.3 Å². The summed E-state index contributed by atoms with van der Waals surface area (Å²) in [6, 6.07) is 8.90. The second-order valence-electron chi connectivity index (χ2n) is 5.72. The Morgan fingerprint density at radius 1 is 1.07 bits per heavy atom. The highest BCUT2D eigenvalue weighted by Crippen LogP contribution is 2.30. The number of ether oxygens (including phenoxy) is 3. The van der Waals surface area contributed by atoms with Crippen LogP contribution in [0.3, 0.4) is 0 Å². The summed E-state index contributed by atoms with van der Waals surface area (Å²) in [6.45, 7) is -0.484. The van der Waals surface area contributed by atoms with E-state index in [-0.39, 0.29) is 10.5 Å². The number of benzene rings is 2. The molecule has 8 nitrogen and oxygen atoms in total. The molecular weight excluding hydrogens is 393 g/mol. The van der Waals surface area contributed by atoms with Crippen molar-refractivity contribution in [1.82, 2.24) is 4.72 Å². The highest BCUT2D eigenvalue weighted by molar-refractivity contribution is 7.89. The van der Waals surface area contributed by atoms with Crippen LogP contribution in [0.25, 0.3) is 0 Å². The Balaban J connectivity index is 1.52. The van der Waals surface area contributed by atoms with E-state index in [1.807, 2.05) is 4.72 Å². The van der Waals surface area contributed by atoms with E-state index in [4.69, 9.17) is 14.2 Å². The van der Waals surface area contributed by atoms with E-state index in [0.29, 0.717) is 24.7 Å². The monoisotopic (exact) mass is 409 g/mol. The minimum absolute atomic E-state index is 0.261. The molecule has 0 aliphatic carbocycles. The summed E-state index contributed by atoms with van der Waals surface area (Å²) in [6.07, 6.45) is 0. The Kier molecular flexibility index (Phi) is 5.90. The summed E-state index contributed by atoms with van der Waals surface area (Å²) >= 11 is 0. The minimum Gasteiger partial charge on any atom is -0.486 e. The van der Waals surface area contributed by atoms with E-state index in [1.54, 1.807) is 6.07 Å². The van der Waals surface area contributed by atoms with Crippen LogP contribution < -0.4 is 14.2 Å². The van der Waals surface area contributed by atoms with E-state index in [0.717, 1.165) is 12.1 Å². The van der Waals surface area contributed by atoms with Crippen LogP contribution >= 0.6 is 0 Å². The maximum atomic E-state index is 13.1. The van der Waals surface area contributed by atoms with Crippen LogP contribution in [0.4, 0.5) is 4.39 Å². The molecule has 2 aromatic rings. The fourth-order valence-corrected chi connectivity index (χ4v) is 3.37. The lowest BCUT2D eigenvalue weighted by atomic mass is 10.1. The Morgan fingerprint density at radius 2 is 1.82 bits per heavy atom. The van der Waals surface area contributed by atoms with Crippen molar-refractivity contribution in [2.24, 2.45) is 0 Å². The molecule has 0 aromatic heterocycles. The predicted octanol–water partition coefficient (Wildman–Crippen LogP) is 1.30. The molecule has 1 aliphatic rings. The first kappa shape index (κ1) is 19.8. The first-order chi connectivity index (χ1) is 13.3. The minimum atomic E-state index is -4.09. The first-order valence-corrected chi connectivity index (χ1v) is 9.67. The number of esters is 1. The summed E-state index contributed by atoms with van der Waals surface area (Å²) in [5.41, 5.74) is 0.261. The number of hydrogen-bond acceptors (Lipinski definition) is 7. The van der Waals surface area contributed by atoms with Gasteiger partial charge in [-0.3, -0.25) is 9.59 Å². The molecule has 1 aliphatic heterocycles. The molecular formula is C18H16FNO7S. The lowest BCUT2D eigenvalue weighted by Crippen LogP contribution is -2.31. The Hall–Kier alpha value is -2.98. The number of hydrogen-bond donors (Lipinski definition) is 1. The molecule has 148 valence electrons. The van der Waals surface area contributed by atoms with E-state index in [9.17, 15) is 22.4 Å². The van der Waals surface area contributed by atoms with Gasteiger partial charge >= 0.3 is 5.97 Å². The van der Waals surface area contributed by atoms with Gasteiger partial charge in [-0.1, -0.05) is 6.07 Å². The molecule has 0 spiro atoms. The van der Waals surface area contributed by atoms with Crippen molar-refractivity contribution in [2.45, 2.75) is 4.90 Å². The summed E-state index contributed by atoms with van der Waals surface area (Å²) < 4.78 is 54.7. The fourth-order valence-electron chi connectivity index (χ4n) is 2.37. The average Bonchev–Trinajstić information content (AvgIpc) is 2.70. The van der Waals surface area contributed by atoms with Gasteiger partial charge in [-0.2, -0.15) is 4.72 Å². The van der Waals surface area contributed by atoms with Crippen molar-refractivity contribution in [3.05, 3.63) is 53.8 Å². The number of Topliss-reactive ketones (excluding diaryl/α,β-unsaturated/α-hetero) is 1. The largest absolute Gasteiger partial charge is 0.486 e. The highest BCUT2D eigenvalue weighted by Gasteiger charge is 2.19.